The van der Waals surface area contributed by atoms with Crippen molar-refractivity contribution >= 4 is 8.56 Å². The molecule has 1 heterocycles. The predicted molar refractivity (Wildman–Crippen MR) is 85.1 cm³/mol. The Balaban J connectivity index is 0.000000621. The second kappa shape index (κ2) is 9.55. The molecular formula is C15H32O4Si. The summed E-state index contributed by atoms with van der Waals surface area (Å²) in [6, 6.07) is 1.06. The summed E-state index contributed by atoms with van der Waals surface area (Å²) in [6.07, 6.45) is 7.34. The van der Waals surface area contributed by atoms with Gasteiger partial charge in [-0.25, -0.2) is 0 Å². The maximum Gasteiger partial charge on any atom is 0.370 e. The van der Waals surface area contributed by atoms with Crippen molar-refractivity contribution in [1.29, 1.82) is 0 Å². The normalized spacial score (nSPS) is 25.8. The van der Waals surface area contributed by atoms with Crippen LogP contribution in [0.1, 0.15) is 52.9 Å². The van der Waals surface area contributed by atoms with E-state index in [9.17, 15) is 0 Å². The molecule has 0 aromatic heterocycles. The topological polar surface area (TPSA) is 47.9 Å². The van der Waals surface area contributed by atoms with E-state index in [4.69, 9.17) is 18.7 Å². The predicted octanol–water partition coefficient (Wildman–Crippen LogP) is 4.10. The van der Waals surface area contributed by atoms with E-state index < -0.39 is 8.56 Å². The van der Waals surface area contributed by atoms with Crippen molar-refractivity contribution in [1.82, 2.24) is 0 Å². The molecule has 0 amide bonds. The minimum atomic E-state index is -2.15. The molecule has 1 saturated heterocycles. The quantitative estimate of drug-likeness (QED) is 0.613. The van der Waals surface area contributed by atoms with Gasteiger partial charge in [0.05, 0.1) is 5.76 Å². The summed E-state index contributed by atoms with van der Waals surface area (Å²) < 4.78 is 17.4. The minimum absolute atomic E-state index is 0.122. The Hall–Kier alpha value is -0.363. The molecule has 1 N–H and O–H groups in total. The molecule has 1 fully saturated rings. The fourth-order valence-corrected chi connectivity index (χ4v) is 6.91. The first-order chi connectivity index (χ1) is 9.47. The number of aliphatic hydroxyl groups excluding tert-OH is 1. The molecule has 20 heavy (non-hydrogen) atoms. The first-order valence-electron chi connectivity index (χ1n) is 7.44. The van der Waals surface area contributed by atoms with Crippen molar-refractivity contribution in [2.45, 2.75) is 64.1 Å². The lowest BCUT2D eigenvalue weighted by Crippen LogP contribution is -2.64. The highest BCUT2D eigenvalue weighted by molar-refractivity contribution is 6.70. The van der Waals surface area contributed by atoms with Gasteiger partial charge in [-0.1, -0.05) is 32.3 Å². The molecule has 5 heteroatoms. The van der Waals surface area contributed by atoms with Gasteiger partial charge in [0.25, 0.3) is 0 Å². The highest BCUT2D eigenvalue weighted by Crippen LogP contribution is 2.42. The minimum Gasteiger partial charge on any atom is -0.513 e. The van der Waals surface area contributed by atoms with E-state index in [1.54, 1.807) is 41.3 Å². The summed E-state index contributed by atoms with van der Waals surface area (Å²) in [4.78, 5) is 0. The Kier molecular flexibility index (Phi) is 9.38. The lowest BCUT2D eigenvalue weighted by molar-refractivity contribution is -0.0149. The van der Waals surface area contributed by atoms with Crippen LogP contribution in [0.15, 0.2) is 11.8 Å². The number of ether oxygens (including phenoxy) is 1. The van der Waals surface area contributed by atoms with Crippen LogP contribution in [0.5, 0.6) is 0 Å². The van der Waals surface area contributed by atoms with Crippen LogP contribution < -0.4 is 0 Å². The maximum atomic E-state index is 8.22. The highest BCUT2D eigenvalue weighted by atomic mass is 28.4. The first kappa shape index (κ1) is 19.6. The SMILES string of the molecule is CC=C(C)O.CCCC1(OC)CCCC[Si]1(OC)OC. The Labute approximate surface area is 125 Å². The zero-order valence-corrected chi connectivity index (χ0v) is 15.0. The number of rotatable bonds is 5. The summed E-state index contributed by atoms with van der Waals surface area (Å²) in [5.74, 6) is 0.380. The van der Waals surface area contributed by atoms with E-state index in [2.05, 4.69) is 6.92 Å². The van der Waals surface area contributed by atoms with Crippen LogP contribution in [0.2, 0.25) is 6.04 Å². The monoisotopic (exact) mass is 304 g/mol. The van der Waals surface area contributed by atoms with Gasteiger partial charge in [0.15, 0.2) is 0 Å². The van der Waals surface area contributed by atoms with Gasteiger partial charge in [0.1, 0.15) is 5.22 Å². The number of aliphatic hydroxyl groups is 1. The summed E-state index contributed by atoms with van der Waals surface area (Å²) in [5, 5.41) is 8.10. The van der Waals surface area contributed by atoms with Crippen molar-refractivity contribution in [3.8, 4) is 0 Å². The third-order valence-electron chi connectivity index (χ3n) is 4.15. The molecule has 0 spiro atoms. The van der Waals surface area contributed by atoms with Crippen LogP contribution >= 0.6 is 0 Å². The molecule has 0 aromatic rings. The molecule has 1 aliphatic heterocycles. The average molecular weight is 305 g/mol. The standard InChI is InChI=1S/C11H24O3Si.C4H8O/c1-5-8-11(12-2)9-6-7-10-15(11,13-3)14-4;1-3-4(2)5/h5-10H2,1-4H3;3,5H,1-2H3. The molecule has 1 unspecified atom stereocenters. The van der Waals surface area contributed by atoms with Crippen molar-refractivity contribution in [2.75, 3.05) is 21.3 Å². The second-order valence-electron chi connectivity index (χ2n) is 5.25. The Morgan fingerprint density at radius 1 is 1.25 bits per heavy atom. The molecule has 0 radical (unpaired) electrons. The van der Waals surface area contributed by atoms with E-state index in [1.165, 1.54) is 12.8 Å². The van der Waals surface area contributed by atoms with Crippen molar-refractivity contribution in [3.63, 3.8) is 0 Å². The zero-order chi connectivity index (χ0) is 15.6. The fourth-order valence-electron chi connectivity index (χ4n) is 2.92. The van der Waals surface area contributed by atoms with Crippen molar-refractivity contribution < 1.29 is 18.7 Å². The van der Waals surface area contributed by atoms with Crippen molar-refractivity contribution in [3.05, 3.63) is 11.8 Å². The zero-order valence-electron chi connectivity index (χ0n) is 14.0. The summed E-state index contributed by atoms with van der Waals surface area (Å²) in [6.45, 7) is 5.62. The smallest absolute Gasteiger partial charge is 0.370 e. The molecule has 1 aliphatic rings. The van der Waals surface area contributed by atoms with E-state index >= 15 is 0 Å². The number of hydrogen-bond donors (Lipinski definition) is 1. The van der Waals surface area contributed by atoms with Crippen molar-refractivity contribution in [2.24, 2.45) is 0 Å². The van der Waals surface area contributed by atoms with Gasteiger partial charge in [0, 0.05) is 21.3 Å². The second-order valence-corrected chi connectivity index (χ2v) is 8.98. The van der Waals surface area contributed by atoms with Gasteiger partial charge in [-0.3, -0.25) is 0 Å². The molecule has 120 valence electrons. The fraction of sp³-hybridized carbons (Fsp3) is 0.867. The Bertz CT molecular complexity index is 282. The summed E-state index contributed by atoms with van der Waals surface area (Å²) in [7, 11) is 3.22. The molecule has 0 saturated carbocycles. The molecule has 0 bridgehead atoms. The van der Waals surface area contributed by atoms with E-state index in [0.29, 0.717) is 5.76 Å². The summed E-state index contributed by atoms with van der Waals surface area (Å²) >= 11 is 0. The molecule has 1 rings (SSSR count). The van der Waals surface area contributed by atoms with Gasteiger partial charge in [-0.15, -0.1) is 0 Å². The average Bonchev–Trinajstić information content (AvgIpc) is 2.48. The van der Waals surface area contributed by atoms with Gasteiger partial charge >= 0.3 is 8.56 Å². The van der Waals surface area contributed by atoms with Crippen LogP contribution in [0.4, 0.5) is 0 Å². The first-order valence-corrected chi connectivity index (χ1v) is 9.47. The van der Waals surface area contributed by atoms with Crippen LogP contribution in [-0.2, 0) is 13.6 Å². The van der Waals surface area contributed by atoms with E-state index in [1.807, 2.05) is 0 Å². The van der Waals surface area contributed by atoms with Gasteiger partial charge in [-0.2, -0.15) is 0 Å². The molecule has 4 nitrogen and oxygen atoms in total. The number of hydrogen-bond acceptors (Lipinski definition) is 4. The maximum absolute atomic E-state index is 8.22. The third kappa shape index (κ3) is 4.58. The Morgan fingerprint density at radius 3 is 2.15 bits per heavy atom. The lowest BCUT2D eigenvalue weighted by atomic mass is 10.1. The third-order valence-corrected chi connectivity index (χ3v) is 8.58. The van der Waals surface area contributed by atoms with Crippen LogP contribution in [0.25, 0.3) is 0 Å². The van der Waals surface area contributed by atoms with E-state index in [-0.39, 0.29) is 5.22 Å². The summed E-state index contributed by atoms with van der Waals surface area (Å²) in [5.41, 5.74) is 0. The van der Waals surface area contributed by atoms with Gasteiger partial charge in [-0.05, 0) is 32.7 Å². The van der Waals surface area contributed by atoms with E-state index in [0.717, 1.165) is 25.3 Å². The highest BCUT2D eigenvalue weighted by Gasteiger charge is 2.58. The molecule has 0 aliphatic carbocycles. The van der Waals surface area contributed by atoms with Gasteiger partial charge < -0.3 is 18.7 Å². The number of methoxy groups -OCH3 is 1. The molecular weight excluding hydrogens is 272 g/mol. The number of allylic oxidation sites excluding steroid dienone is 2. The largest absolute Gasteiger partial charge is 0.513 e. The Morgan fingerprint density at radius 2 is 1.80 bits per heavy atom. The molecule has 0 aromatic carbocycles. The van der Waals surface area contributed by atoms with Crippen LogP contribution in [0.3, 0.4) is 0 Å². The lowest BCUT2D eigenvalue weighted by Gasteiger charge is -2.47. The van der Waals surface area contributed by atoms with Crippen LogP contribution in [0, 0.1) is 0 Å². The van der Waals surface area contributed by atoms with Crippen LogP contribution in [-0.4, -0.2) is 40.2 Å². The van der Waals surface area contributed by atoms with Gasteiger partial charge in [0.2, 0.25) is 0 Å². The molecule has 1 atom stereocenters.